The van der Waals surface area contributed by atoms with Crippen LogP contribution in [-0.4, -0.2) is 11.0 Å². The van der Waals surface area contributed by atoms with Gasteiger partial charge in [-0.2, -0.15) is 0 Å². The van der Waals surface area contributed by atoms with Crippen molar-refractivity contribution >= 4 is 40.1 Å². The van der Waals surface area contributed by atoms with E-state index in [9.17, 15) is 0 Å². The third-order valence-electron chi connectivity index (χ3n) is 2.62. The van der Waals surface area contributed by atoms with E-state index >= 15 is 0 Å². The topological polar surface area (TPSA) is 0 Å². The normalized spacial score (nSPS) is 18.0. The first-order valence-corrected chi connectivity index (χ1v) is 10.8. The van der Waals surface area contributed by atoms with Gasteiger partial charge in [0.25, 0.3) is 0 Å². The molecule has 0 radical (unpaired) electrons. The van der Waals surface area contributed by atoms with Crippen LogP contribution in [-0.2, 0) is 0 Å². The van der Waals surface area contributed by atoms with E-state index in [4.69, 9.17) is 20.2 Å². The molecule has 3 rings (SSSR count). The maximum absolute atomic E-state index is 6.55. The molecule has 2 aromatic rings. The average molecular weight is 302 g/mol. The molecule has 0 atom stereocenters. The second kappa shape index (κ2) is 3.26. The van der Waals surface area contributed by atoms with Crippen molar-refractivity contribution in [3.05, 3.63) is 48.5 Å². The molecule has 0 saturated carbocycles. The van der Waals surface area contributed by atoms with E-state index in [0.29, 0.717) is 0 Å². The maximum atomic E-state index is 6.55. The number of rotatable bonds is 0. The van der Waals surface area contributed by atoms with Crippen molar-refractivity contribution in [1.82, 2.24) is 0 Å². The summed E-state index contributed by atoms with van der Waals surface area (Å²) in [6, 6.07) is 16.4. The van der Waals surface area contributed by atoms with Crippen LogP contribution in [0, 0.1) is 0 Å². The summed E-state index contributed by atoms with van der Waals surface area (Å²) in [5, 5.41) is 0. The molecule has 0 aromatic heterocycles. The molecule has 0 fully saturated rings. The zero-order valence-electron chi connectivity index (χ0n) is 7.78. The van der Waals surface area contributed by atoms with Gasteiger partial charge in [-0.15, -0.1) is 0 Å². The Morgan fingerprint density at radius 3 is 1.53 bits per heavy atom. The monoisotopic (exact) mass is 302 g/mol. The molecule has 2 aromatic carbocycles. The van der Waals surface area contributed by atoms with E-state index in [-0.39, 0.29) is 0 Å². The molecule has 1 aliphatic rings. The molecule has 0 N–H and O–H groups in total. The van der Waals surface area contributed by atoms with Gasteiger partial charge in [-0.05, 0) is 0 Å². The summed E-state index contributed by atoms with van der Waals surface area (Å²) in [5.41, 5.74) is 2.41. The van der Waals surface area contributed by atoms with Gasteiger partial charge in [-0.1, -0.05) is 0 Å². The summed E-state index contributed by atoms with van der Waals surface area (Å²) in [6.45, 7) is 0. The fourth-order valence-electron chi connectivity index (χ4n) is 1.94. The molecule has 0 saturated heterocycles. The van der Waals surface area contributed by atoms with Crippen LogP contribution >= 0.6 is 20.2 Å². The molecule has 1 aliphatic heterocycles. The Kier molecular flexibility index (Phi) is 2.12. The SMILES string of the molecule is Cl[Se]1(Cl)c2ccccc2-c2ccccc21. The Balaban J connectivity index is 2.42. The van der Waals surface area contributed by atoms with E-state index < -0.39 is 11.0 Å². The zero-order chi connectivity index (χ0) is 10.5. The van der Waals surface area contributed by atoms with Gasteiger partial charge < -0.3 is 0 Å². The number of benzene rings is 2. The van der Waals surface area contributed by atoms with Crippen molar-refractivity contribution in [1.29, 1.82) is 0 Å². The van der Waals surface area contributed by atoms with Gasteiger partial charge >= 0.3 is 99.8 Å². The second-order valence-corrected chi connectivity index (χ2v) is 12.9. The number of halogens is 2. The predicted octanol–water partition coefficient (Wildman–Crippen LogP) is 2.70. The molecule has 3 heteroatoms. The summed E-state index contributed by atoms with van der Waals surface area (Å²) in [5.74, 6) is 0. The van der Waals surface area contributed by atoms with Gasteiger partial charge in [-0.3, -0.25) is 0 Å². The van der Waals surface area contributed by atoms with Crippen LogP contribution in [0.5, 0.6) is 0 Å². The van der Waals surface area contributed by atoms with Gasteiger partial charge in [0.05, 0.1) is 0 Å². The molecule has 0 unspecified atom stereocenters. The Morgan fingerprint density at radius 2 is 1.07 bits per heavy atom. The van der Waals surface area contributed by atoms with Crippen molar-refractivity contribution in [3.63, 3.8) is 0 Å². The molecule has 15 heavy (non-hydrogen) atoms. The van der Waals surface area contributed by atoms with E-state index in [1.807, 2.05) is 24.3 Å². The zero-order valence-corrected chi connectivity index (χ0v) is 11.0. The summed E-state index contributed by atoms with van der Waals surface area (Å²) in [6.07, 6.45) is 0. The van der Waals surface area contributed by atoms with E-state index in [2.05, 4.69) is 24.3 Å². The standard InChI is InChI=1S/C12H8Cl2Se/c13-15(14)11-7-3-1-5-9(11)10-6-2-4-8-12(10)15/h1-8H. The minimum atomic E-state index is -2.63. The molecular weight excluding hydrogens is 294 g/mol. The first-order valence-electron chi connectivity index (χ1n) is 4.62. The van der Waals surface area contributed by atoms with Crippen molar-refractivity contribution in [2.75, 3.05) is 0 Å². The Labute approximate surface area is 99.5 Å². The van der Waals surface area contributed by atoms with Crippen molar-refractivity contribution in [2.24, 2.45) is 0 Å². The van der Waals surface area contributed by atoms with E-state index in [1.54, 1.807) is 0 Å². The van der Waals surface area contributed by atoms with Gasteiger partial charge in [0.1, 0.15) is 0 Å². The number of fused-ring (bicyclic) bond motifs is 3. The molecule has 0 nitrogen and oxygen atoms in total. The third-order valence-corrected chi connectivity index (χ3v) is 9.88. The third kappa shape index (κ3) is 1.28. The Hall–Kier alpha value is -0.461. The first-order chi connectivity index (χ1) is 7.21. The van der Waals surface area contributed by atoms with Crippen LogP contribution < -0.4 is 8.92 Å². The first kappa shape index (κ1) is 9.74. The molecule has 0 bridgehead atoms. The van der Waals surface area contributed by atoms with E-state index in [0.717, 1.165) is 8.92 Å². The van der Waals surface area contributed by atoms with Crippen LogP contribution in [0.15, 0.2) is 48.5 Å². The molecule has 0 amide bonds. The Bertz CT molecular complexity index is 487. The van der Waals surface area contributed by atoms with Crippen LogP contribution in [0.3, 0.4) is 0 Å². The minimum absolute atomic E-state index is 1.14. The summed E-state index contributed by atoms with van der Waals surface area (Å²) < 4.78 is 2.27. The molecular formula is C12H8Cl2Se. The second-order valence-electron chi connectivity index (χ2n) is 3.46. The predicted molar refractivity (Wildman–Crippen MR) is 68.6 cm³/mol. The van der Waals surface area contributed by atoms with Crippen LogP contribution in [0.1, 0.15) is 0 Å². The van der Waals surface area contributed by atoms with Gasteiger partial charge in [0, 0.05) is 0 Å². The average Bonchev–Trinajstić information content (AvgIpc) is 2.51. The fraction of sp³-hybridized carbons (Fsp3) is 0. The number of hydrogen-bond donors (Lipinski definition) is 0. The van der Waals surface area contributed by atoms with Crippen molar-refractivity contribution < 1.29 is 0 Å². The molecule has 0 aliphatic carbocycles. The molecule has 1 heterocycles. The Morgan fingerprint density at radius 1 is 0.667 bits per heavy atom. The van der Waals surface area contributed by atoms with Gasteiger partial charge in [0.15, 0.2) is 0 Å². The van der Waals surface area contributed by atoms with Gasteiger partial charge in [0.2, 0.25) is 0 Å². The quantitative estimate of drug-likeness (QED) is 0.656. The number of hydrogen-bond acceptors (Lipinski definition) is 0. The molecule has 76 valence electrons. The van der Waals surface area contributed by atoms with Crippen molar-refractivity contribution in [2.45, 2.75) is 0 Å². The summed E-state index contributed by atoms with van der Waals surface area (Å²) >= 11 is -2.63. The van der Waals surface area contributed by atoms with Crippen LogP contribution in [0.2, 0.25) is 0 Å². The van der Waals surface area contributed by atoms with Crippen LogP contribution in [0.4, 0.5) is 0 Å². The van der Waals surface area contributed by atoms with Crippen LogP contribution in [0.25, 0.3) is 11.1 Å². The fourth-order valence-corrected chi connectivity index (χ4v) is 8.19. The van der Waals surface area contributed by atoms with E-state index in [1.165, 1.54) is 11.1 Å². The summed E-state index contributed by atoms with van der Waals surface area (Å²) in [7, 11) is 13.1. The molecule has 0 spiro atoms. The van der Waals surface area contributed by atoms with Crippen molar-refractivity contribution in [3.8, 4) is 11.1 Å². The summed E-state index contributed by atoms with van der Waals surface area (Å²) in [4.78, 5) is 0. The van der Waals surface area contributed by atoms with Gasteiger partial charge in [-0.25, -0.2) is 0 Å².